The van der Waals surface area contributed by atoms with Gasteiger partial charge in [-0.2, -0.15) is 0 Å². The highest BCUT2D eigenvalue weighted by atomic mass is 16.3. The lowest BCUT2D eigenvalue weighted by molar-refractivity contribution is 0.407. The number of hydrogen-bond acceptors (Lipinski definition) is 3. The molecule has 138 valence electrons. The van der Waals surface area contributed by atoms with Crippen molar-refractivity contribution in [3.63, 3.8) is 0 Å². The lowest BCUT2D eigenvalue weighted by Gasteiger charge is -2.27. The number of benzene rings is 2. The summed E-state index contributed by atoms with van der Waals surface area (Å²) in [6, 6.07) is 12.0. The van der Waals surface area contributed by atoms with E-state index in [0.29, 0.717) is 11.4 Å². The van der Waals surface area contributed by atoms with Gasteiger partial charge in [-0.25, -0.2) is 0 Å². The van der Waals surface area contributed by atoms with E-state index in [1.165, 1.54) is 5.56 Å². The molecule has 0 fully saturated rings. The van der Waals surface area contributed by atoms with Crippen LogP contribution in [0, 0.1) is 0 Å². The van der Waals surface area contributed by atoms with Crippen molar-refractivity contribution in [2.24, 2.45) is 0 Å². The molecule has 0 atom stereocenters. The van der Waals surface area contributed by atoms with E-state index >= 15 is 0 Å². The average Bonchev–Trinajstić information content (AvgIpc) is 3.05. The average molecular weight is 351 g/mol. The third-order valence-corrected chi connectivity index (χ3v) is 5.07. The van der Waals surface area contributed by atoms with E-state index in [2.05, 4.69) is 44.0 Å². The Labute approximate surface area is 155 Å². The second-order valence-corrected chi connectivity index (χ2v) is 7.73. The van der Waals surface area contributed by atoms with E-state index in [0.717, 1.165) is 48.7 Å². The quantitative estimate of drug-likeness (QED) is 0.607. The first-order valence-corrected chi connectivity index (χ1v) is 9.65. The van der Waals surface area contributed by atoms with Crippen LogP contribution in [0.3, 0.4) is 0 Å². The molecule has 2 aromatic carbocycles. The van der Waals surface area contributed by atoms with Gasteiger partial charge < -0.3 is 5.11 Å². The van der Waals surface area contributed by atoms with Crippen LogP contribution in [0.2, 0.25) is 0 Å². The molecule has 4 nitrogen and oxygen atoms in total. The van der Waals surface area contributed by atoms with Gasteiger partial charge in [0.2, 0.25) is 0 Å². The molecule has 0 amide bonds. The van der Waals surface area contributed by atoms with Crippen LogP contribution >= 0.6 is 0 Å². The highest BCUT2D eigenvalue weighted by Gasteiger charge is 2.26. The topological polar surface area (TPSA) is 50.9 Å². The summed E-state index contributed by atoms with van der Waals surface area (Å²) in [5.74, 6) is 0.297. The van der Waals surface area contributed by atoms with E-state index in [4.69, 9.17) is 0 Å². The van der Waals surface area contributed by atoms with Crippen molar-refractivity contribution in [1.29, 1.82) is 0 Å². The number of aryl methyl sites for hydroxylation is 1. The second-order valence-electron chi connectivity index (χ2n) is 7.73. The third kappa shape index (κ3) is 3.59. The standard InChI is InChI=1S/C22H29N3O/c1-5-7-13-22(3,4)17-14-16(10-6-2)15-20(21(17)26)25-23-18-11-8-9-12-19(18)24-25/h8-9,11-12,14-15,26H,5-7,10,13H2,1-4H3. The minimum Gasteiger partial charge on any atom is -0.505 e. The van der Waals surface area contributed by atoms with E-state index in [1.807, 2.05) is 30.3 Å². The highest BCUT2D eigenvalue weighted by molar-refractivity contribution is 5.73. The van der Waals surface area contributed by atoms with Crippen molar-refractivity contribution in [2.75, 3.05) is 0 Å². The SMILES string of the molecule is CCCCC(C)(C)c1cc(CCC)cc(-n2nc3ccccc3n2)c1O. The number of aromatic hydroxyl groups is 1. The Morgan fingerprint density at radius 2 is 1.65 bits per heavy atom. The van der Waals surface area contributed by atoms with Crippen LogP contribution in [0.4, 0.5) is 0 Å². The molecule has 1 heterocycles. The normalized spacial score (nSPS) is 12.0. The number of phenols is 1. The molecule has 0 spiro atoms. The summed E-state index contributed by atoms with van der Waals surface area (Å²) in [5.41, 5.74) is 4.46. The zero-order valence-electron chi connectivity index (χ0n) is 16.3. The monoisotopic (exact) mass is 351 g/mol. The number of phenolic OH excluding ortho intramolecular Hbond substituents is 1. The van der Waals surface area contributed by atoms with Gasteiger partial charge >= 0.3 is 0 Å². The first-order chi connectivity index (χ1) is 12.5. The van der Waals surface area contributed by atoms with Gasteiger partial charge in [0.25, 0.3) is 0 Å². The lowest BCUT2D eigenvalue weighted by atomic mass is 9.78. The first kappa shape index (κ1) is 18.4. The van der Waals surface area contributed by atoms with E-state index in [9.17, 15) is 5.11 Å². The van der Waals surface area contributed by atoms with Gasteiger partial charge in [0.1, 0.15) is 22.5 Å². The molecule has 3 aromatic rings. The van der Waals surface area contributed by atoms with Crippen LogP contribution in [-0.4, -0.2) is 20.1 Å². The molecule has 0 aliphatic carbocycles. The van der Waals surface area contributed by atoms with Gasteiger partial charge in [-0.3, -0.25) is 0 Å². The fraction of sp³-hybridized carbons (Fsp3) is 0.455. The molecule has 1 N–H and O–H groups in total. The van der Waals surface area contributed by atoms with Crippen molar-refractivity contribution in [1.82, 2.24) is 15.0 Å². The molecule has 0 unspecified atom stereocenters. The molecular formula is C22H29N3O. The maximum atomic E-state index is 11.1. The summed E-state index contributed by atoms with van der Waals surface area (Å²) in [6.07, 6.45) is 5.38. The summed E-state index contributed by atoms with van der Waals surface area (Å²) >= 11 is 0. The Kier molecular flexibility index (Phi) is 5.30. The zero-order chi connectivity index (χ0) is 18.7. The minimum absolute atomic E-state index is 0.0921. The van der Waals surface area contributed by atoms with E-state index in [-0.39, 0.29) is 5.41 Å². The summed E-state index contributed by atoms with van der Waals surface area (Å²) in [7, 11) is 0. The molecule has 0 aliphatic rings. The fourth-order valence-corrected chi connectivity index (χ4v) is 3.50. The van der Waals surface area contributed by atoms with E-state index < -0.39 is 0 Å². The summed E-state index contributed by atoms with van der Waals surface area (Å²) < 4.78 is 0. The van der Waals surface area contributed by atoms with Crippen molar-refractivity contribution >= 4 is 11.0 Å². The van der Waals surface area contributed by atoms with E-state index in [1.54, 1.807) is 4.80 Å². The maximum Gasteiger partial charge on any atom is 0.146 e. The van der Waals surface area contributed by atoms with Crippen molar-refractivity contribution in [2.45, 2.75) is 65.2 Å². The highest BCUT2D eigenvalue weighted by Crippen LogP contribution is 2.39. The second kappa shape index (κ2) is 7.48. The lowest BCUT2D eigenvalue weighted by Crippen LogP contribution is -2.18. The molecule has 3 rings (SSSR count). The molecule has 1 aromatic heterocycles. The zero-order valence-corrected chi connectivity index (χ0v) is 16.3. The van der Waals surface area contributed by atoms with Gasteiger partial charge in [0.15, 0.2) is 0 Å². The maximum absolute atomic E-state index is 11.1. The Bertz CT molecular complexity index is 863. The minimum atomic E-state index is -0.0921. The van der Waals surface area contributed by atoms with Crippen LogP contribution in [0.5, 0.6) is 5.75 Å². The predicted molar refractivity (Wildman–Crippen MR) is 107 cm³/mol. The number of rotatable bonds is 7. The fourth-order valence-electron chi connectivity index (χ4n) is 3.50. The largest absolute Gasteiger partial charge is 0.505 e. The van der Waals surface area contributed by atoms with Gasteiger partial charge in [-0.05, 0) is 42.0 Å². The number of fused-ring (bicyclic) bond motifs is 1. The van der Waals surface area contributed by atoms with Gasteiger partial charge in [-0.15, -0.1) is 15.0 Å². The number of nitrogens with zero attached hydrogens (tertiary/aromatic N) is 3. The Morgan fingerprint density at radius 1 is 1.00 bits per heavy atom. The molecule has 0 aliphatic heterocycles. The predicted octanol–water partition coefficient (Wildman–Crippen LogP) is 5.55. The van der Waals surface area contributed by atoms with Crippen LogP contribution in [0.15, 0.2) is 36.4 Å². The summed E-state index contributed by atoms with van der Waals surface area (Å²) in [6.45, 7) is 8.80. The Balaban J connectivity index is 2.14. The van der Waals surface area contributed by atoms with Crippen LogP contribution in [0.1, 0.15) is 64.5 Å². The Morgan fingerprint density at radius 3 is 2.23 bits per heavy atom. The molecule has 26 heavy (non-hydrogen) atoms. The molecule has 0 saturated carbocycles. The smallest absolute Gasteiger partial charge is 0.146 e. The number of unbranched alkanes of at least 4 members (excludes halogenated alkanes) is 1. The van der Waals surface area contributed by atoms with Crippen molar-refractivity contribution < 1.29 is 5.11 Å². The van der Waals surface area contributed by atoms with Gasteiger partial charge in [0, 0.05) is 5.56 Å². The molecule has 0 saturated heterocycles. The molecular weight excluding hydrogens is 322 g/mol. The van der Waals surface area contributed by atoms with Gasteiger partial charge in [-0.1, -0.05) is 65.2 Å². The van der Waals surface area contributed by atoms with Crippen LogP contribution in [-0.2, 0) is 11.8 Å². The summed E-state index contributed by atoms with van der Waals surface area (Å²) in [4.78, 5) is 1.58. The number of aromatic nitrogens is 3. The van der Waals surface area contributed by atoms with Crippen molar-refractivity contribution in [3.8, 4) is 11.4 Å². The van der Waals surface area contributed by atoms with Crippen LogP contribution in [0.25, 0.3) is 16.7 Å². The third-order valence-electron chi connectivity index (χ3n) is 5.07. The number of hydrogen-bond donors (Lipinski definition) is 1. The van der Waals surface area contributed by atoms with Crippen LogP contribution < -0.4 is 0 Å². The summed E-state index contributed by atoms with van der Waals surface area (Å²) in [5, 5.41) is 20.2. The molecule has 0 radical (unpaired) electrons. The first-order valence-electron chi connectivity index (χ1n) is 9.65. The molecule has 4 heteroatoms. The molecule has 0 bridgehead atoms. The Hall–Kier alpha value is -2.36. The van der Waals surface area contributed by atoms with Gasteiger partial charge in [0.05, 0.1) is 0 Å². The van der Waals surface area contributed by atoms with Crippen molar-refractivity contribution in [3.05, 3.63) is 47.5 Å².